The van der Waals surface area contributed by atoms with Gasteiger partial charge in [0.15, 0.2) is 0 Å². The predicted octanol–water partition coefficient (Wildman–Crippen LogP) is 16.2. The fourth-order valence-corrected chi connectivity index (χ4v) is 18.1. The Balaban J connectivity index is 1.04. The van der Waals surface area contributed by atoms with E-state index in [4.69, 9.17) is 0 Å². The van der Waals surface area contributed by atoms with Crippen molar-refractivity contribution in [3.63, 3.8) is 0 Å². The number of nitrogens with zero attached hydrogens (tertiary/aromatic N) is 2. The maximum absolute atomic E-state index is 2.67. The standard InChI is InChI=1S/C69H47BN2S2/c1-40-33-36-43(37-34-40)72-57-32-18-31-56-60(57)70(66-62(72)59-49-38-35-41(67(2,3)4)39-55(49)69(64(59)74-66)52-28-15-10-23-46(52)47-24-11-16-29-53(47)69)65-61(71(56)42-19-6-5-7-20-42)58-48-25-12-17-30-54(48)68(63(58)73-65)50-26-13-8-21-44(50)45-22-9-14-27-51(45)68/h5-39H,1-4H3. The number of rotatable bonds is 2. The van der Waals surface area contributed by atoms with Crippen LogP contribution in [0.2, 0.25) is 0 Å². The number of aryl methyl sites for hydroxylation is 1. The lowest BCUT2D eigenvalue weighted by Gasteiger charge is -2.42. The third-order valence-corrected chi connectivity index (χ3v) is 20.4. The van der Waals surface area contributed by atoms with Gasteiger partial charge in [0.1, 0.15) is 0 Å². The lowest BCUT2D eigenvalue weighted by Crippen LogP contribution is -2.59. The van der Waals surface area contributed by atoms with Crippen molar-refractivity contribution < 1.29 is 0 Å². The highest BCUT2D eigenvalue weighted by molar-refractivity contribution is 7.37. The van der Waals surface area contributed by atoms with E-state index in [0.29, 0.717) is 0 Å². The summed E-state index contributed by atoms with van der Waals surface area (Å²) in [4.78, 5) is 8.18. The van der Waals surface area contributed by atoms with Crippen LogP contribution in [0, 0.1) is 6.92 Å². The molecule has 348 valence electrons. The number of benzene rings is 9. The summed E-state index contributed by atoms with van der Waals surface area (Å²) in [5.41, 5.74) is 29.6. The van der Waals surface area contributed by atoms with E-state index in [9.17, 15) is 0 Å². The molecule has 11 aromatic rings. The molecule has 0 fully saturated rings. The molecule has 0 N–H and O–H groups in total. The molecule has 2 spiro atoms. The fraction of sp³-hybridized carbons (Fsp3) is 0.101. The van der Waals surface area contributed by atoms with Gasteiger partial charge in [-0.05, 0) is 127 Å². The Morgan fingerprint density at radius 1 is 0.392 bits per heavy atom. The van der Waals surface area contributed by atoms with E-state index in [0.717, 1.165) is 0 Å². The molecule has 0 unspecified atom stereocenters. The van der Waals surface area contributed by atoms with Crippen LogP contribution in [0.4, 0.5) is 34.1 Å². The molecule has 5 heteroatoms. The summed E-state index contributed by atoms with van der Waals surface area (Å²) < 4.78 is 2.84. The predicted molar refractivity (Wildman–Crippen MR) is 312 cm³/mol. The summed E-state index contributed by atoms with van der Waals surface area (Å²) in [7, 11) is 0. The van der Waals surface area contributed by atoms with Crippen LogP contribution in [-0.2, 0) is 16.2 Å². The zero-order valence-electron chi connectivity index (χ0n) is 41.5. The maximum atomic E-state index is 2.67. The second kappa shape index (κ2) is 14.2. The summed E-state index contributed by atoms with van der Waals surface area (Å²) in [6.45, 7) is 9.26. The molecule has 0 saturated heterocycles. The van der Waals surface area contributed by atoms with Gasteiger partial charge in [-0.1, -0.05) is 202 Å². The van der Waals surface area contributed by atoms with Crippen molar-refractivity contribution in [2.75, 3.05) is 9.80 Å². The number of hydrogen-bond acceptors (Lipinski definition) is 4. The summed E-state index contributed by atoms with van der Waals surface area (Å²) in [6.07, 6.45) is 0. The van der Waals surface area contributed by atoms with Gasteiger partial charge < -0.3 is 9.80 Å². The molecule has 4 aliphatic carbocycles. The SMILES string of the molecule is Cc1ccc(N2c3cccc4c3B(c3sc5c(c3N4c3ccccc3)-c3ccccc3C53c4ccccc4-c4ccccc43)c3sc4c(c32)-c2ccc(C(C)(C)C)cc2C42c3ccccc3-c3ccccc32)cc1. The van der Waals surface area contributed by atoms with E-state index < -0.39 is 10.8 Å². The Hall–Kier alpha value is -7.96. The van der Waals surface area contributed by atoms with Gasteiger partial charge >= 0.3 is 0 Å². The topological polar surface area (TPSA) is 6.48 Å². The molecule has 0 saturated carbocycles. The van der Waals surface area contributed by atoms with Gasteiger partial charge in [-0.2, -0.15) is 0 Å². The second-order valence-electron chi connectivity index (χ2n) is 22.3. The summed E-state index contributed by atoms with van der Waals surface area (Å²) in [5.74, 6) is 0. The van der Waals surface area contributed by atoms with Crippen LogP contribution in [-0.4, -0.2) is 6.71 Å². The van der Waals surface area contributed by atoms with Gasteiger partial charge in [0, 0.05) is 53.2 Å². The smallest absolute Gasteiger partial charge is 0.277 e. The van der Waals surface area contributed by atoms with Gasteiger partial charge in [0.2, 0.25) is 0 Å². The molecule has 0 atom stereocenters. The molecular formula is C69H47BN2S2. The van der Waals surface area contributed by atoms with Crippen LogP contribution in [0.3, 0.4) is 0 Å². The van der Waals surface area contributed by atoms with E-state index in [1.54, 1.807) is 0 Å². The van der Waals surface area contributed by atoms with Gasteiger partial charge in [0.25, 0.3) is 6.71 Å². The van der Waals surface area contributed by atoms with E-state index >= 15 is 0 Å². The van der Waals surface area contributed by atoms with E-state index in [1.807, 2.05) is 0 Å². The van der Waals surface area contributed by atoms with Crippen LogP contribution < -0.4 is 24.8 Å². The summed E-state index contributed by atoms with van der Waals surface area (Å²) in [5, 5.41) is 0. The Morgan fingerprint density at radius 2 is 0.797 bits per heavy atom. The largest absolute Gasteiger partial charge is 0.310 e. The van der Waals surface area contributed by atoms with E-state index in [-0.39, 0.29) is 12.1 Å². The average Bonchev–Trinajstić information content (AvgIpc) is 4.32. The average molecular weight is 979 g/mol. The Labute approximate surface area is 440 Å². The van der Waals surface area contributed by atoms with Crippen LogP contribution in [0.25, 0.3) is 44.5 Å². The first-order valence-electron chi connectivity index (χ1n) is 26.1. The molecule has 74 heavy (non-hydrogen) atoms. The number of anilines is 6. The van der Waals surface area contributed by atoms with E-state index in [1.165, 1.54) is 148 Å². The summed E-state index contributed by atoms with van der Waals surface area (Å²) >= 11 is 4.18. The third-order valence-electron chi connectivity index (χ3n) is 17.7. The number of fused-ring (bicyclic) bond motifs is 26. The van der Waals surface area contributed by atoms with Crippen LogP contribution in [0.1, 0.15) is 75.0 Å². The minimum Gasteiger partial charge on any atom is -0.310 e. The first kappa shape index (κ1) is 41.5. The highest BCUT2D eigenvalue weighted by Crippen LogP contribution is 2.69. The maximum Gasteiger partial charge on any atom is 0.277 e. The lowest BCUT2D eigenvalue weighted by atomic mass is 9.39. The quantitative estimate of drug-likeness (QED) is 0.159. The van der Waals surface area contributed by atoms with Crippen LogP contribution in [0.5, 0.6) is 0 Å². The van der Waals surface area contributed by atoms with Gasteiger partial charge in [-0.15, -0.1) is 22.7 Å². The molecule has 0 radical (unpaired) electrons. The molecule has 6 aliphatic rings. The first-order valence-corrected chi connectivity index (χ1v) is 27.8. The van der Waals surface area contributed by atoms with Gasteiger partial charge in [0.05, 0.1) is 22.2 Å². The molecule has 2 aliphatic heterocycles. The molecule has 2 aromatic heterocycles. The van der Waals surface area contributed by atoms with Crippen LogP contribution >= 0.6 is 22.7 Å². The van der Waals surface area contributed by atoms with Crippen molar-refractivity contribution in [2.24, 2.45) is 0 Å². The van der Waals surface area contributed by atoms with E-state index in [2.05, 4.69) is 272 Å². The van der Waals surface area contributed by atoms with Gasteiger partial charge in [-0.25, -0.2) is 0 Å². The van der Waals surface area contributed by atoms with Crippen molar-refractivity contribution >= 4 is 78.5 Å². The highest BCUT2D eigenvalue weighted by atomic mass is 32.1. The molecule has 0 amide bonds. The number of hydrogen-bond donors (Lipinski definition) is 0. The second-order valence-corrected chi connectivity index (χ2v) is 24.4. The zero-order chi connectivity index (χ0) is 49.0. The lowest BCUT2D eigenvalue weighted by molar-refractivity contribution is 0.588. The molecule has 4 heterocycles. The van der Waals surface area contributed by atoms with Crippen molar-refractivity contribution in [3.8, 4) is 44.5 Å². The molecule has 0 bridgehead atoms. The highest BCUT2D eigenvalue weighted by Gasteiger charge is 2.60. The molecule has 17 rings (SSSR count). The Kier molecular flexibility index (Phi) is 7.97. The molecular weight excluding hydrogens is 932 g/mol. The Morgan fingerprint density at radius 3 is 1.28 bits per heavy atom. The normalized spacial score (nSPS) is 15.4. The van der Waals surface area contributed by atoms with Crippen molar-refractivity contribution in [1.29, 1.82) is 0 Å². The minimum atomic E-state index is -0.500. The monoisotopic (exact) mass is 978 g/mol. The third kappa shape index (κ3) is 4.81. The first-order chi connectivity index (χ1) is 36.3. The zero-order valence-corrected chi connectivity index (χ0v) is 43.1. The molecule has 9 aromatic carbocycles. The van der Waals surface area contributed by atoms with Crippen LogP contribution in [0.15, 0.2) is 212 Å². The van der Waals surface area contributed by atoms with Crippen molar-refractivity contribution in [1.82, 2.24) is 0 Å². The number of thiophene rings is 2. The van der Waals surface area contributed by atoms with Gasteiger partial charge in [-0.3, -0.25) is 0 Å². The fourth-order valence-electron chi connectivity index (χ4n) is 14.8. The minimum absolute atomic E-state index is 0.0311. The van der Waals surface area contributed by atoms with Crippen molar-refractivity contribution in [2.45, 2.75) is 43.9 Å². The number of para-hydroxylation sites is 1. The Bertz CT molecular complexity index is 4190. The molecule has 2 nitrogen and oxygen atoms in total. The summed E-state index contributed by atoms with van der Waals surface area (Å²) in [6, 6.07) is 81.7. The van der Waals surface area contributed by atoms with Crippen molar-refractivity contribution in [3.05, 3.63) is 267 Å².